The number of benzodiazepines with no additional fused rings is 1. The number of amides is 2. The molecule has 1 aliphatic heterocycles. The van der Waals surface area contributed by atoms with Crippen molar-refractivity contribution < 1.29 is 22.8 Å². The molecule has 2 aromatic rings. The molecule has 4 rings (SSSR count). The predicted molar refractivity (Wildman–Crippen MR) is 116 cm³/mol. The zero-order valence-electron chi connectivity index (χ0n) is 17.2. The average molecular weight is 464 g/mol. The first-order chi connectivity index (χ1) is 15.1. The topological polar surface area (TPSA) is 61.8 Å². The summed E-state index contributed by atoms with van der Waals surface area (Å²) in [6, 6.07) is 11.5. The van der Waals surface area contributed by atoms with Gasteiger partial charge in [0.25, 0.3) is 5.91 Å². The Morgan fingerprint density at radius 2 is 1.94 bits per heavy atom. The second kappa shape index (κ2) is 8.58. The molecule has 0 radical (unpaired) electrons. The molecule has 1 aliphatic carbocycles. The molecule has 1 saturated carbocycles. The third-order valence-electron chi connectivity index (χ3n) is 5.49. The van der Waals surface area contributed by atoms with Gasteiger partial charge in [-0.1, -0.05) is 35.9 Å². The summed E-state index contributed by atoms with van der Waals surface area (Å²) in [4.78, 5) is 31.0. The lowest BCUT2D eigenvalue weighted by atomic mass is 10.0. The number of fused-ring (bicyclic) bond motifs is 1. The fraction of sp³-hybridized carbons (Fsp3) is 0.348. The summed E-state index contributed by atoms with van der Waals surface area (Å²) in [7, 11) is 0. The number of anilines is 1. The Kier molecular flexibility index (Phi) is 5.99. The quantitative estimate of drug-likeness (QED) is 0.712. The first-order valence-corrected chi connectivity index (χ1v) is 10.6. The van der Waals surface area contributed by atoms with E-state index in [4.69, 9.17) is 11.6 Å². The van der Waals surface area contributed by atoms with Crippen molar-refractivity contribution in [1.29, 1.82) is 0 Å². The van der Waals surface area contributed by atoms with Gasteiger partial charge in [0.05, 0.1) is 17.8 Å². The highest BCUT2D eigenvalue weighted by molar-refractivity contribution is 6.30. The third kappa shape index (κ3) is 4.96. The molecule has 1 fully saturated rings. The molecule has 32 heavy (non-hydrogen) atoms. The van der Waals surface area contributed by atoms with Crippen LogP contribution in [0.1, 0.15) is 29.5 Å². The number of halogens is 4. The van der Waals surface area contributed by atoms with E-state index in [-0.39, 0.29) is 18.0 Å². The predicted octanol–water partition coefficient (Wildman–Crippen LogP) is 4.44. The first-order valence-electron chi connectivity index (χ1n) is 10.2. The van der Waals surface area contributed by atoms with Gasteiger partial charge < -0.3 is 5.32 Å². The molecule has 0 spiro atoms. The minimum absolute atomic E-state index is 0.0483. The molecule has 2 aromatic carbocycles. The van der Waals surface area contributed by atoms with E-state index >= 15 is 0 Å². The number of nitrogens with one attached hydrogen (secondary N) is 1. The highest BCUT2D eigenvalue weighted by atomic mass is 35.5. The van der Waals surface area contributed by atoms with E-state index in [0.29, 0.717) is 26.8 Å². The van der Waals surface area contributed by atoms with Gasteiger partial charge in [-0.15, -0.1) is 0 Å². The Morgan fingerprint density at radius 1 is 1.22 bits per heavy atom. The minimum atomic E-state index is -4.61. The highest BCUT2D eigenvalue weighted by Gasteiger charge is 2.42. The van der Waals surface area contributed by atoms with Gasteiger partial charge in [0, 0.05) is 16.5 Å². The van der Waals surface area contributed by atoms with E-state index in [1.54, 1.807) is 43.3 Å². The van der Waals surface area contributed by atoms with Gasteiger partial charge in [-0.2, -0.15) is 13.2 Å². The van der Waals surface area contributed by atoms with Gasteiger partial charge in [0.2, 0.25) is 12.1 Å². The lowest BCUT2D eigenvalue weighted by Crippen LogP contribution is -2.50. The summed E-state index contributed by atoms with van der Waals surface area (Å²) in [5.41, 5.74) is 2.72. The maximum atomic E-state index is 13.3. The maximum absolute atomic E-state index is 13.3. The van der Waals surface area contributed by atoms with Crippen molar-refractivity contribution in [1.82, 2.24) is 5.32 Å². The molecule has 0 saturated heterocycles. The summed E-state index contributed by atoms with van der Waals surface area (Å²) in [6.07, 6.45) is -4.41. The monoisotopic (exact) mass is 463 g/mol. The molecular formula is C23H21ClF3N3O2. The molecule has 0 bridgehead atoms. The summed E-state index contributed by atoms with van der Waals surface area (Å²) in [5.74, 6) is -1.36. The van der Waals surface area contributed by atoms with Crippen LogP contribution in [0.4, 0.5) is 18.9 Å². The van der Waals surface area contributed by atoms with E-state index < -0.39 is 30.7 Å². The van der Waals surface area contributed by atoms with Crippen molar-refractivity contribution in [3.63, 3.8) is 0 Å². The van der Waals surface area contributed by atoms with Crippen molar-refractivity contribution >= 4 is 34.8 Å². The second-order valence-electron chi connectivity index (χ2n) is 8.06. The summed E-state index contributed by atoms with van der Waals surface area (Å²) in [6.45, 7) is 0.343. The van der Waals surface area contributed by atoms with Gasteiger partial charge in [0.15, 0.2) is 0 Å². The van der Waals surface area contributed by atoms with Crippen LogP contribution >= 0.6 is 11.6 Å². The Labute approximate surface area is 188 Å². The Balaban J connectivity index is 1.65. The normalized spacial score (nSPS) is 18.7. The number of carbonyl (C=O) groups is 2. The lowest BCUT2D eigenvalue weighted by Gasteiger charge is -2.26. The maximum Gasteiger partial charge on any atom is 0.406 e. The van der Waals surface area contributed by atoms with E-state index in [9.17, 15) is 22.8 Å². The van der Waals surface area contributed by atoms with Gasteiger partial charge in [-0.3, -0.25) is 19.5 Å². The van der Waals surface area contributed by atoms with Crippen molar-refractivity contribution in [2.75, 3.05) is 11.4 Å². The van der Waals surface area contributed by atoms with Gasteiger partial charge >= 0.3 is 6.18 Å². The largest absolute Gasteiger partial charge is 0.406 e. The fourth-order valence-electron chi connectivity index (χ4n) is 3.81. The van der Waals surface area contributed by atoms with Crippen LogP contribution in [0.5, 0.6) is 0 Å². The van der Waals surface area contributed by atoms with E-state index in [0.717, 1.165) is 18.4 Å². The van der Waals surface area contributed by atoms with Crippen LogP contribution in [0.2, 0.25) is 5.02 Å². The first kappa shape index (κ1) is 22.3. The number of rotatable bonds is 5. The van der Waals surface area contributed by atoms with Gasteiger partial charge in [-0.25, -0.2) is 0 Å². The van der Waals surface area contributed by atoms with Crippen molar-refractivity contribution in [3.05, 3.63) is 64.2 Å². The summed E-state index contributed by atoms with van der Waals surface area (Å²) in [5, 5.41) is 3.08. The fourth-order valence-corrected chi connectivity index (χ4v) is 4.04. The van der Waals surface area contributed by atoms with Crippen LogP contribution in [0, 0.1) is 12.8 Å². The van der Waals surface area contributed by atoms with Crippen LogP contribution in [0.15, 0.2) is 47.5 Å². The Bertz CT molecular complexity index is 1100. The molecule has 2 amide bonds. The SMILES string of the molecule is Cc1cc(Cl)ccc1CC(=O)NC1N=C(C2CC2)c2ccccc2N(CC(F)(F)F)C1=O. The molecule has 1 N–H and O–H groups in total. The molecule has 0 aromatic heterocycles. The van der Waals surface area contributed by atoms with Crippen LogP contribution in [-0.2, 0) is 16.0 Å². The average Bonchev–Trinajstić information content (AvgIpc) is 3.55. The van der Waals surface area contributed by atoms with E-state index in [1.165, 1.54) is 6.07 Å². The van der Waals surface area contributed by atoms with Crippen molar-refractivity contribution in [2.45, 2.75) is 38.5 Å². The molecule has 168 valence electrons. The smallest absolute Gasteiger partial charge is 0.326 e. The van der Waals surface area contributed by atoms with Crippen LogP contribution in [-0.4, -0.2) is 36.4 Å². The highest BCUT2D eigenvalue weighted by Crippen LogP contribution is 2.38. The number of hydrogen-bond acceptors (Lipinski definition) is 3. The number of nitrogens with zero attached hydrogens (tertiary/aromatic N) is 2. The van der Waals surface area contributed by atoms with Crippen molar-refractivity contribution in [2.24, 2.45) is 10.9 Å². The lowest BCUT2D eigenvalue weighted by molar-refractivity contribution is -0.134. The molecule has 9 heteroatoms. The van der Waals surface area contributed by atoms with Crippen LogP contribution in [0.25, 0.3) is 0 Å². The Morgan fingerprint density at radius 3 is 2.59 bits per heavy atom. The number of hydrogen-bond donors (Lipinski definition) is 1. The van der Waals surface area contributed by atoms with Gasteiger partial charge in [0.1, 0.15) is 6.54 Å². The molecule has 1 unspecified atom stereocenters. The zero-order valence-corrected chi connectivity index (χ0v) is 18.0. The molecular weight excluding hydrogens is 443 g/mol. The molecule has 1 atom stereocenters. The number of para-hydroxylation sites is 1. The molecule has 5 nitrogen and oxygen atoms in total. The summed E-state index contributed by atoms with van der Waals surface area (Å²) < 4.78 is 40.0. The minimum Gasteiger partial charge on any atom is -0.326 e. The number of alkyl halides is 3. The van der Waals surface area contributed by atoms with Crippen LogP contribution in [0.3, 0.4) is 0 Å². The number of aryl methyl sites for hydroxylation is 1. The summed E-state index contributed by atoms with van der Waals surface area (Å²) >= 11 is 5.95. The van der Waals surface area contributed by atoms with Gasteiger partial charge in [-0.05, 0) is 49.1 Å². The zero-order chi connectivity index (χ0) is 23.0. The molecule has 1 heterocycles. The standard InChI is InChI=1S/C23H21ClF3N3O2/c1-13-10-16(24)9-8-15(13)11-19(31)28-21-22(32)30(12-23(25,26)27)18-5-3-2-4-17(18)20(29-21)14-6-7-14/h2-5,8-10,14,21H,6-7,11-12H2,1H3,(H,28,31). The number of carbonyl (C=O) groups excluding carboxylic acids is 2. The number of benzene rings is 2. The van der Waals surface area contributed by atoms with Crippen molar-refractivity contribution in [3.8, 4) is 0 Å². The van der Waals surface area contributed by atoms with E-state index in [2.05, 4.69) is 10.3 Å². The second-order valence-corrected chi connectivity index (χ2v) is 8.50. The van der Waals surface area contributed by atoms with E-state index in [1.807, 2.05) is 0 Å². The molecule has 2 aliphatic rings. The third-order valence-corrected chi connectivity index (χ3v) is 5.73. The number of aliphatic imine (C=N–C) groups is 1. The Hall–Kier alpha value is -2.87. The van der Waals surface area contributed by atoms with Crippen LogP contribution < -0.4 is 10.2 Å².